The Kier molecular flexibility index (Phi) is 4.33. The summed E-state index contributed by atoms with van der Waals surface area (Å²) in [6.07, 6.45) is 1.78. The summed E-state index contributed by atoms with van der Waals surface area (Å²) in [7, 11) is 0. The van der Waals surface area contributed by atoms with Crippen LogP contribution in [0, 0.1) is 6.92 Å². The van der Waals surface area contributed by atoms with E-state index in [-0.39, 0.29) is 5.91 Å². The molecule has 0 aromatic carbocycles. The molecule has 0 bridgehead atoms. The third-order valence-electron chi connectivity index (χ3n) is 4.72. The highest BCUT2D eigenvalue weighted by Crippen LogP contribution is 2.29. The first kappa shape index (κ1) is 17.3. The van der Waals surface area contributed by atoms with Crippen LogP contribution in [0.1, 0.15) is 16.2 Å². The van der Waals surface area contributed by atoms with Crippen LogP contribution in [0.5, 0.6) is 0 Å². The van der Waals surface area contributed by atoms with Crippen molar-refractivity contribution in [3.05, 3.63) is 47.3 Å². The monoisotopic (exact) mass is 411 g/mol. The highest BCUT2D eigenvalue weighted by atomic mass is 32.1. The van der Waals surface area contributed by atoms with Gasteiger partial charge in [0.25, 0.3) is 5.91 Å². The van der Waals surface area contributed by atoms with Crippen LogP contribution in [0.25, 0.3) is 21.1 Å². The molecule has 9 heteroatoms. The number of pyridine rings is 1. The van der Waals surface area contributed by atoms with Gasteiger partial charge in [0, 0.05) is 32.4 Å². The summed E-state index contributed by atoms with van der Waals surface area (Å²) < 4.78 is 5.72. The van der Waals surface area contributed by atoms with E-state index in [1.807, 2.05) is 34.5 Å². The van der Waals surface area contributed by atoms with Gasteiger partial charge in [0.15, 0.2) is 10.8 Å². The molecule has 4 aromatic heterocycles. The maximum absolute atomic E-state index is 13.0. The number of piperazine rings is 1. The number of fused-ring (bicyclic) bond motifs is 1. The predicted octanol–water partition coefficient (Wildman–Crippen LogP) is 3.68. The minimum Gasteiger partial charge on any atom is -0.440 e. The molecule has 5 heterocycles. The lowest BCUT2D eigenvalue weighted by Gasteiger charge is -2.34. The number of amides is 1. The molecule has 0 N–H and O–H groups in total. The van der Waals surface area contributed by atoms with Crippen LogP contribution in [0.15, 0.2) is 40.3 Å². The largest absolute Gasteiger partial charge is 0.440 e. The normalized spacial score (nSPS) is 14.8. The second-order valence-electron chi connectivity index (χ2n) is 6.50. The predicted molar refractivity (Wildman–Crippen MR) is 110 cm³/mol. The number of hydrogen-bond acceptors (Lipinski definition) is 8. The van der Waals surface area contributed by atoms with Gasteiger partial charge in [-0.1, -0.05) is 17.4 Å². The molecule has 7 nitrogen and oxygen atoms in total. The van der Waals surface area contributed by atoms with E-state index >= 15 is 0 Å². The molecule has 1 fully saturated rings. The van der Waals surface area contributed by atoms with Gasteiger partial charge in [0.2, 0.25) is 5.89 Å². The molecule has 0 spiro atoms. The third kappa shape index (κ3) is 3.06. The van der Waals surface area contributed by atoms with Crippen molar-refractivity contribution in [2.24, 2.45) is 0 Å². The Hall–Kier alpha value is -2.78. The number of carbonyl (C=O) groups excluding carboxylic acids is 1. The SMILES string of the molecule is Cc1oc(-c2cccs2)nc1C(=O)N1CCN(c2nc3cccnc3s2)CC1. The zero-order valence-electron chi connectivity index (χ0n) is 15.2. The highest BCUT2D eigenvalue weighted by Gasteiger charge is 2.28. The first-order valence-corrected chi connectivity index (χ1v) is 10.7. The molecule has 1 aliphatic heterocycles. The molecule has 0 aliphatic carbocycles. The first-order valence-electron chi connectivity index (χ1n) is 8.96. The van der Waals surface area contributed by atoms with E-state index in [4.69, 9.17) is 4.42 Å². The number of aromatic nitrogens is 3. The number of nitrogens with zero attached hydrogens (tertiary/aromatic N) is 5. The molecule has 0 atom stereocenters. The average Bonchev–Trinajstić information content (AvgIpc) is 3.46. The molecule has 5 rings (SSSR count). The summed E-state index contributed by atoms with van der Waals surface area (Å²) in [4.78, 5) is 32.3. The summed E-state index contributed by atoms with van der Waals surface area (Å²) >= 11 is 3.13. The Labute approximate surface area is 169 Å². The van der Waals surface area contributed by atoms with Gasteiger partial charge < -0.3 is 14.2 Å². The van der Waals surface area contributed by atoms with Gasteiger partial charge in [-0.15, -0.1) is 11.3 Å². The van der Waals surface area contributed by atoms with Crippen LogP contribution in [0.4, 0.5) is 5.13 Å². The Balaban J connectivity index is 1.29. The standard InChI is InChI=1S/C19H17N5O2S2/c1-12-15(22-16(26-12)14-5-3-11-27-14)18(25)23-7-9-24(10-8-23)19-21-13-4-2-6-20-17(13)28-19/h2-6,11H,7-10H2,1H3. The zero-order valence-corrected chi connectivity index (χ0v) is 16.8. The summed E-state index contributed by atoms with van der Waals surface area (Å²) in [5, 5.41) is 2.92. The van der Waals surface area contributed by atoms with Crippen molar-refractivity contribution in [3.8, 4) is 10.8 Å². The van der Waals surface area contributed by atoms with Crippen molar-refractivity contribution in [1.29, 1.82) is 0 Å². The van der Waals surface area contributed by atoms with E-state index in [1.165, 1.54) is 0 Å². The maximum Gasteiger partial charge on any atom is 0.276 e. The van der Waals surface area contributed by atoms with E-state index < -0.39 is 0 Å². The van der Waals surface area contributed by atoms with E-state index in [0.717, 1.165) is 33.4 Å². The summed E-state index contributed by atoms with van der Waals surface area (Å²) in [5.74, 6) is 0.999. The molecule has 0 unspecified atom stereocenters. The fourth-order valence-corrected chi connectivity index (χ4v) is 4.85. The molecule has 4 aromatic rings. The second-order valence-corrected chi connectivity index (χ2v) is 8.41. The fraction of sp³-hybridized carbons (Fsp3) is 0.263. The van der Waals surface area contributed by atoms with Crippen LogP contribution in [-0.2, 0) is 0 Å². The highest BCUT2D eigenvalue weighted by molar-refractivity contribution is 7.21. The topological polar surface area (TPSA) is 75.4 Å². The molecule has 142 valence electrons. The van der Waals surface area contributed by atoms with Gasteiger partial charge in [0.05, 0.1) is 4.88 Å². The third-order valence-corrected chi connectivity index (χ3v) is 6.62. The molecular weight excluding hydrogens is 394 g/mol. The van der Waals surface area contributed by atoms with Crippen molar-refractivity contribution < 1.29 is 9.21 Å². The molecule has 1 aliphatic rings. The molecule has 0 radical (unpaired) electrons. The van der Waals surface area contributed by atoms with Gasteiger partial charge in [0.1, 0.15) is 16.1 Å². The van der Waals surface area contributed by atoms with Crippen molar-refractivity contribution >= 4 is 44.1 Å². The van der Waals surface area contributed by atoms with E-state index in [0.29, 0.717) is 30.4 Å². The number of rotatable bonds is 3. The lowest BCUT2D eigenvalue weighted by atomic mass is 10.2. The van der Waals surface area contributed by atoms with Crippen LogP contribution >= 0.6 is 22.7 Å². The summed E-state index contributed by atoms with van der Waals surface area (Å²) in [5.41, 5.74) is 1.32. The quantitative estimate of drug-likeness (QED) is 0.512. The Morgan fingerprint density at radius 2 is 2.00 bits per heavy atom. The van der Waals surface area contributed by atoms with Gasteiger partial charge in [-0.25, -0.2) is 15.0 Å². The molecule has 1 amide bonds. The lowest BCUT2D eigenvalue weighted by molar-refractivity contribution is 0.0740. The van der Waals surface area contributed by atoms with Crippen LogP contribution < -0.4 is 4.90 Å². The Morgan fingerprint density at radius 3 is 2.75 bits per heavy atom. The minimum atomic E-state index is -0.0744. The molecule has 28 heavy (non-hydrogen) atoms. The van der Waals surface area contributed by atoms with Crippen molar-refractivity contribution in [2.45, 2.75) is 6.92 Å². The number of anilines is 1. The number of hydrogen-bond donors (Lipinski definition) is 0. The van der Waals surface area contributed by atoms with E-state index in [9.17, 15) is 4.79 Å². The Bertz CT molecular complexity index is 1090. The number of thiazole rings is 1. The van der Waals surface area contributed by atoms with Gasteiger partial charge in [-0.3, -0.25) is 4.79 Å². The minimum absolute atomic E-state index is 0.0744. The van der Waals surface area contributed by atoms with Crippen molar-refractivity contribution in [1.82, 2.24) is 19.9 Å². The average molecular weight is 412 g/mol. The number of thiophene rings is 1. The Morgan fingerprint density at radius 1 is 1.14 bits per heavy atom. The van der Waals surface area contributed by atoms with Crippen molar-refractivity contribution in [3.63, 3.8) is 0 Å². The van der Waals surface area contributed by atoms with Gasteiger partial charge >= 0.3 is 0 Å². The first-order chi connectivity index (χ1) is 13.7. The van der Waals surface area contributed by atoms with Gasteiger partial charge in [-0.2, -0.15) is 0 Å². The lowest BCUT2D eigenvalue weighted by Crippen LogP contribution is -2.49. The number of oxazole rings is 1. The summed E-state index contributed by atoms with van der Waals surface area (Å²) in [6.45, 7) is 4.52. The van der Waals surface area contributed by atoms with Crippen LogP contribution in [0.3, 0.4) is 0 Å². The zero-order chi connectivity index (χ0) is 19.1. The van der Waals surface area contributed by atoms with Crippen LogP contribution in [0.2, 0.25) is 0 Å². The number of aryl methyl sites for hydroxylation is 1. The molecule has 0 saturated carbocycles. The van der Waals surface area contributed by atoms with Gasteiger partial charge in [-0.05, 0) is 30.5 Å². The number of carbonyl (C=O) groups is 1. The van der Waals surface area contributed by atoms with Crippen molar-refractivity contribution in [2.75, 3.05) is 31.1 Å². The van der Waals surface area contributed by atoms with Crippen LogP contribution in [-0.4, -0.2) is 51.9 Å². The van der Waals surface area contributed by atoms with E-state index in [1.54, 1.807) is 35.8 Å². The smallest absolute Gasteiger partial charge is 0.276 e. The maximum atomic E-state index is 13.0. The second kappa shape index (κ2) is 6.99. The van der Waals surface area contributed by atoms with E-state index in [2.05, 4.69) is 19.9 Å². The fourth-order valence-electron chi connectivity index (χ4n) is 3.24. The molecule has 1 saturated heterocycles. The summed E-state index contributed by atoms with van der Waals surface area (Å²) in [6, 6.07) is 7.75. The molecular formula is C19H17N5O2S2.